The number of allylic oxidation sites excluding steroid dienone is 3. The summed E-state index contributed by atoms with van der Waals surface area (Å²) in [7, 11) is 0. The number of unbranched alkanes of at least 4 members (excludes halogenated alkanes) is 53. The molecule has 12 N–H and O–H groups in total. The molecule has 0 aromatic heterocycles. The molecule has 3 rings (SSSR count). The number of aliphatic hydroxyl groups excluding tert-OH is 11. The molecular weight excluding hydrogens is 1320 g/mol. The fourth-order valence-electron chi connectivity index (χ4n) is 15.0. The van der Waals surface area contributed by atoms with Crippen LogP contribution in [-0.2, 0) is 33.2 Å². The topological polar surface area (TPSA) is 307 Å². The highest BCUT2D eigenvalue weighted by atomic mass is 16.8. The van der Waals surface area contributed by atoms with Crippen molar-refractivity contribution in [2.24, 2.45) is 0 Å². The predicted molar refractivity (Wildman–Crippen MR) is 416 cm³/mol. The lowest BCUT2D eigenvalue weighted by Crippen LogP contribution is -2.66. The number of hydrogen-bond acceptors (Lipinski definition) is 18. The highest BCUT2D eigenvalue weighted by Crippen LogP contribution is 2.34. The minimum absolute atomic E-state index is 0.248. The third-order valence-electron chi connectivity index (χ3n) is 22.0. The smallest absolute Gasteiger partial charge is 0.220 e. The van der Waals surface area contributed by atoms with Crippen LogP contribution in [0.25, 0.3) is 0 Å². The first-order valence-corrected chi connectivity index (χ1v) is 43.6. The molecule has 3 aliphatic rings. The number of aliphatic hydroxyl groups is 11. The van der Waals surface area contributed by atoms with E-state index in [1.165, 1.54) is 308 Å². The number of rotatable bonds is 71. The van der Waals surface area contributed by atoms with Gasteiger partial charge in [0.1, 0.15) is 73.2 Å². The van der Waals surface area contributed by atoms with Gasteiger partial charge >= 0.3 is 0 Å². The Hall–Kier alpha value is -1.73. The molecule has 104 heavy (non-hydrogen) atoms. The van der Waals surface area contributed by atoms with Gasteiger partial charge < -0.3 is 89.9 Å². The third-order valence-corrected chi connectivity index (χ3v) is 22.0. The maximum Gasteiger partial charge on any atom is 0.220 e. The van der Waals surface area contributed by atoms with E-state index in [1.54, 1.807) is 6.08 Å². The van der Waals surface area contributed by atoms with Gasteiger partial charge in [0.05, 0.1) is 38.6 Å². The number of ether oxygens (including phenoxy) is 6. The van der Waals surface area contributed by atoms with Crippen LogP contribution in [0.3, 0.4) is 0 Å². The lowest BCUT2D eigenvalue weighted by Gasteiger charge is -2.48. The first kappa shape index (κ1) is 96.5. The second-order valence-corrected chi connectivity index (χ2v) is 31.4. The molecule has 17 unspecified atom stereocenters. The largest absolute Gasteiger partial charge is 0.394 e. The van der Waals surface area contributed by atoms with Crippen molar-refractivity contribution in [2.75, 3.05) is 26.4 Å². The maximum atomic E-state index is 13.5. The van der Waals surface area contributed by atoms with Crippen LogP contribution in [0.5, 0.6) is 0 Å². The highest BCUT2D eigenvalue weighted by Gasteiger charge is 2.54. The average Bonchev–Trinajstić information content (AvgIpc) is 0.781. The number of amides is 1. The molecule has 0 spiro atoms. The second kappa shape index (κ2) is 65.9. The first-order chi connectivity index (χ1) is 50.8. The van der Waals surface area contributed by atoms with E-state index in [0.717, 1.165) is 44.9 Å². The molecule has 19 nitrogen and oxygen atoms in total. The van der Waals surface area contributed by atoms with E-state index in [1.807, 2.05) is 6.08 Å². The van der Waals surface area contributed by atoms with E-state index in [9.17, 15) is 61.0 Å². The molecule has 0 saturated carbocycles. The summed E-state index contributed by atoms with van der Waals surface area (Å²) in [5.74, 6) is -0.267. The van der Waals surface area contributed by atoms with Crippen molar-refractivity contribution in [1.82, 2.24) is 5.32 Å². The fraction of sp³-hybridized carbons (Fsp3) is 0.941. The Morgan fingerprint density at radius 1 is 0.337 bits per heavy atom. The lowest BCUT2D eigenvalue weighted by molar-refractivity contribution is -0.379. The van der Waals surface area contributed by atoms with E-state index in [-0.39, 0.29) is 18.9 Å². The van der Waals surface area contributed by atoms with Gasteiger partial charge in [-0.05, 0) is 44.9 Å². The molecule has 3 heterocycles. The number of hydrogen-bond donors (Lipinski definition) is 12. The number of carbonyl (C=O) groups excluding carboxylic acids is 1. The quantitative estimate of drug-likeness (QED) is 0.0199. The van der Waals surface area contributed by atoms with Crippen molar-refractivity contribution in [1.29, 1.82) is 0 Å². The summed E-state index contributed by atoms with van der Waals surface area (Å²) in [6.07, 6.45) is 54.6. The second-order valence-electron chi connectivity index (χ2n) is 31.4. The van der Waals surface area contributed by atoms with Gasteiger partial charge in [-0.15, -0.1) is 0 Å². The van der Waals surface area contributed by atoms with Crippen molar-refractivity contribution in [3.8, 4) is 0 Å². The summed E-state index contributed by atoms with van der Waals surface area (Å²) >= 11 is 0. The number of carbonyl (C=O) groups is 1. The number of nitrogens with one attached hydrogen (secondary N) is 1. The molecule has 3 fully saturated rings. The summed E-state index contributed by atoms with van der Waals surface area (Å²) in [4.78, 5) is 13.5. The van der Waals surface area contributed by atoms with E-state index in [4.69, 9.17) is 28.4 Å². The minimum Gasteiger partial charge on any atom is -0.394 e. The van der Waals surface area contributed by atoms with Gasteiger partial charge in [-0.3, -0.25) is 4.79 Å². The van der Waals surface area contributed by atoms with Crippen LogP contribution in [0, 0.1) is 0 Å². The van der Waals surface area contributed by atoms with Crippen molar-refractivity contribution in [2.45, 2.75) is 484 Å². The van der Waals surface area contributed by atoms with Crippen molar-refractivity contribution < 1.29 is 89.4 Å². The van der Waals surface area contributed by atoms with Crippen LogP contribution in [0.1, 0.15) is 380 Å². The molecule has 3 saturated heterocycles. The van der Waals surface area contributed by atoms with Crippen LogP contribution in [0.2, 0.25) is 0 Å². The van der Waals surface area contributed by atoms with Crippen LogP contribution in [0.15, 0.2) is 24.3 Å². The van der Waals surface area contributed by atoms with Crippen molar-refractivity contribution in [3.63, 3.8) is 0 Å². The van der Waals surface area contributed by atoms with Crippen molar-refractivity contribution in [3.05, 3.63) is 24.3 Å². The molecule has 1 amide bonds. The van der Waals surface area contributed by atoms with Gasteiger partial charge in [-0.2, -0.15) is 0 Å². The minimum atomic E-state index is -1.98. The van der Waals surface area contributed by atoms with E-state index in [0.29, 0.717) is 6.42 Å². The normalized spacial score (nSPS) is 26.0. The van der Waals surface area contributed by atoms with E-state index in [2.05, 4.69) is 31.3 Å². The van der Waals surface area contributed by atoms with Gasteiger partial charge in [-0.25, -0.2) is 0 Å². The summed E-state index contributed by atoms with van der Waals surface area (Å²) in [6.45, 7) is 1.81. The Morgan fingerprint density at radius 3 is 0.933 bits per heavy atom. The monoisotopic (exact) mass is 1480 g/mol. The van der Waals surface area contributed by atoms with E-state index < -0.39 is 124 Å². The Kier molecular flexibility index (Phi) is 61.2. The average molecular weight is 1490 g/mol. The highest BCUT2D eigenvalue weighted by molar-refractivity contribution is 5.76. The first-order valence-electron chi connectivity index (χ1n) is 43.6. The zero-order valence-electron chi connectivity index (χ0n) is 66.0. The van der Waals surface area contributed by atoms with Gasteiger partial charge in [0.25, 0.3) is 0 Å². The Balaban J connectivity index is 1.35. The summed E-state index contributed by atoms with van der Waals surface area (Å²) in [6, 6.07) is -0.973. The predicted octanol–water partition coefficient (Wildman–Crippen LogP) is 15.7. The zero-order valence-corrected chi connectivity index (χ0v) is 66.0. The lowest BCUT2D eigenvalue weighted by atomic mass is 9.96. The molecule has 0 aliphatic carbocycles. The molecule has 3 aliphatic heterocycles. The van der Waals surface area contributed by atoms with Crippen LogP contribution >= 0.6 is 0 Å². The van der Waals surface area contributed by atoms with Crippen LogP contribution in [0.4, 0.5) is 0 Å². The van der Waals surface area contributed by atoms with Gasteiger partial charge in [-0.1, -0.05) is 353 Å². The summed E-state index contributed by atoms with van der Waals surface area (Å²) < 4.78 is 34.5. The Labute approximate surface area is 632 Å². The molecule has 614 valence electrons. The molecule has 0 aromatic rings. The van der Waals surface area contributed by atoms with Gasteiger partial charge in [0, 0.05) is 6.42 Å². The van der Waals surface area contributed by atoms with Gasteiger partial charge in [0.15, 0.2) is 18.9 Å². The Morgan fingerprint density at radius 2 is 0.606 bits per heavy atom. The summed E-state index contributed by atoms with van der Waals surface area (Å²) in [5.41, 5.74) is 0. The van der Waals surface area contributed by atoms with Crippen molar-refractivity contribution >= 4 is 5.91 Å². The zero-order chi connectivity index (χ0) is 75.3. The SMILES string of the molecule is CCCCCCCCCC/C=C\CCCCCCCCCCCCCCCCCCCC(=O)NC(COC1OC(CO)C(OC2OC(CO)C(OC3OC(CO)C(O)C(O)C3O)C(O)C2O)C(O)C1O)C(O)/C=C/CCCCCCCCCCCCCCCCCCCCCCCCCCCCCC. The molecule has 17 atom stereocenters. The van der Waals surface area contributed by atoms with Gasteiger partial charge in [0.2, 0.25) is 5.91 Å². The standard InChI is InChI=1S/C85H161NO18/c1-3-5-7-9-11-13-15-17-19-21-23-25-27-29-31-33-35-36-38-40-42-44-46-48-50-52-54-56-58-60-62-69(90)68(86-73(91)63-61-59-57-55-53-51-49-47-45-43-41-39-37-34-32-30-28-26-24-22-20-18-16-14-12-10-8-6-4-2)67-99-83-79(97)76(94)81(71(65-88)101-83)104-85-80(98)77(95)82(72(66-89)102-85)103-84-78(96)75(93)74(92)70(64-87)100-84/h22,24,60,62,68-72,74-85,87-90,92-98H,3-21,23,25-59,61,63-67H2,1-2H3,(H,86,91)/b24-22-,62-60+. The molecule has 0 radical (unpaired) electrons. The molecule has 0 aromatic carbocycles. The third kappa shape index (κ3) is 44.9. The molecule has 0 bridgehead atoms. The van der Waals surface area contributed by atoms with E-state index >= 15 is 0 Å². The fourth-order valence-corrected chi connectivity index (χ4v) is 15.0. The maximum absolute atomic E-state index is 13.5. The molecular formula is C85H161NO18. The van der Waals surface area contributed by atoms with Crippen LogP contribution < -0.4 is 5.32 Å². The summed E-state index contributed by atoms with van der Waals surface area (Å²) in [5, 5.41) is 121. The molecule has 19 heteroatoms. The Bertz CT molecular complexity index is 1970. The van der Waals surface area contributed by atoms with Crippen LogP contribution in [-0.4, -0.2) is 193 Å².